The fraction of sp³-hybridized carbons (Fsp3) is 0. The zero-order valence-corrected chi connectivity index (χ0v) is 4.28. The molecule has 29 valence electrons. The Kier molecular flexibility index (Phi) is 2.40. The van der Waals surface area contributed by atoms with Crippen molar-refractivity contribution in [2.45, 2.75) is 0 Å². The van der Waals surface area contributed by atoms with E-state index in [-0.39, 0.29) is 19.5 Å². The third-order valence-electron chi connectivity index (χ3n) is 0.444. The van der Waals surface area contributed by atoms with Crippen molar-refractivity contribution >= 4 is 0 Å². The van der Waals surface area contributed by atoms with Crippen LogP contribution in [0.5, 0.6) is 0 Å². The summed E-state index contributed by atoms with van der Waals surface area (Å²) in [6.45, 7) is 0. The molecule has 5 heavy (non-hydrogen) atoms. The minimum Gasteiger partial charge on any atom is -0.0623 e. The van der Waals surface area contributed by atoms with Crippen molar-refractivity contribution < 1.29 is 19.5 Å². The molecule has 0 atom stereocenters. The van der Waals surface area contributed by atoms with Crippen LogP contribution in [0.2, 0.25) is 0 Å². The van der Waals surface area contributed by atoms with Crippen LogP contribution in [0.25, 0.3) is 0 Å². The molecule has 1 aliphatic rings. The Bertz CT molecular complexity index is 44.0. The number of hydrogen-bond donors (Lipinski definition) is 0. The minimum atomic E-state index is 0. The molecule has 0 aromatic carbocycles. The van der Waals surface area contributed by atoms with Gasteiger partial charge in [0.15, 0.2) is 0 Å². The van der Waals surface area contributed by atoms with Gasteiger partial charge in [0.05, 0.1) is 0 Å². The van der Waals surface area contributed by atoms with Crippen LogP contribution in [-0.2, 0) is 19.5 Å². The molecule has 0 amide bonds. The molecule has 0 aromatic rings. The molecule has 1 rings (SSSR count). The molecule has 0 spiro atoms. The van der Waals surface area contributed by atoms with E-state index >= 15 is 0 Å². The Morgan fingerprint density at radius 3 is 0.800 bits per heavy atom. The molecule has 0 aromatic heterocycles. The molecule has 0 saturated heterocycles. The Labute approximate surface area is 44.3 Å². The summed E-state index contributed by atoms with van der Waals surface area (Å²) in [6, 6.07) is 0. The Morgan fingerprint density at radius 2 is 0.800 bits per heavy atom. The van der Waals surface area contributed by atoms with E-state index in [1.54, 1.807) is 0 Å². The first kappa shape index (κ1) is 5.10. The SMILES string of the molecule is C1=CC=C1.[Rh]. The van der Waals surface area contributed by atoms with Gasteiger partial charge in [0, 0.05) is 19.5 Å². The van der Waals surface area contributed by atoms with Gasteiger partial charge in [0.25, 0.3) is 0 Å². The second kappa shape index (κ2) is 2.35. The molecule has 1 aliphatic carbocycles. The second-order valence-electron chi connectivity index (χ2n) is 0.770. The van der Waals surface area contributed by atoms with E-state index in [9.17, 15) is 0 Å². The van der Waals surface area contributed by atoms with Crippen molar-refractivity contribution in [3.63, 3.8) is 0 Å². The average molecular weight is 155 g/mol. The van der Waals surface area contributed by atoms with Crippen LogP contribution in [0.15, 0.2) is 24.3 Å². The first-order valence-electron chi connectivity index (χ1n) is 1.33. The van der Waals surface area contributed by atoms with E-state index in [2.05, 4.69) is 0 Å². The van der Waals surface area contributed by atoms with Gasteiger partial charge in [-0.1, -0.05) is 24.3 Å². The van der Waals surface area contributed by atoms with Crippen LogP contribution >= 0.6 is 0 Å². The van der Waals surface area contributed by atoms with Gasteiger partial charge in [-0.15, -0.1) is 0 Å². The van der Waals surface area contributed by atoms with Gasteiger partial charge >= 0.3 is 0 Å². The Balaban J connectivity index is 0.000000160. The zero-order valence-electron chi connectivity index (χ0n) is 2.64. The molecule has 0 saturated carbocycles. The van der Waals surface area contributed by atoms with E-state index in [4.69, 9.17) is 0 Å². The summed E-state index contributed by atoms with van der Waals surface area (Å²) in [5, 5.41) is 0. The van der Waals surface area contributed by atoms with Crippen molar-refractivity contribution in [2.24, 2.45) is 0 Å². The van der Waals surface area contributed by atoms with Crippen LogP contribution in [-0.4, -0.2) is 0 Å². The molecule has 0 bridgehead atoms. The third kappa shape index (κ3) is 1.08. The van der Waals surface area contributed by atoms with Gasteiger partial charge in [-0.05, 0) is 0 Å². The van der Waals surface area contributed by atoms with E-state index in [1.807, 2.05) is 24.3 Å². The van der Waals surface area contributed by atoms with Gasteiger partial charge in [-0.25, -0.2) is 0 Å². The van der Waals surface area contributed by atoms with Gasteiger partial charge < -0.3 is 0 Å². The molecule has 0 nitrogen and oxygen atoms in total. The summed E-state index contributed by atoms with van der Waals surface area (Å²) in [6.07, 6.45) is 8.00. The topological polar surface area (TPSA) is 0 Å². The molecule has 1 heteroatoms. The molecule has 0 unspecified atom stereocenters. The predicted octanol–water partition coefficient (Wildman–Crippen LogP) is 1.11. The maximum atomic E-state index is 2.00. The van der Waals surface area contributed by atoms with Gasteiger partial charge in [0.2, 0.25) is 0 Å². The Hall–Kier alpha value is 0.103. The van der Waals surface area contributed by atoms with E-state index in [0.29, 0.717) is 0 Å². The number of allylic oxidation sites excluding steroid dienone is 4. The van der Waals surface area contributed by atoms with Crippen LogP contribution < -0.4 is 0 Å². The van der Waals surface area contributed by atoms with Crippen molar-refractivity contribution in [1.82, 2.24) is 0 Å². The number of hydrogen-bond acceptors (Lipinski definition) is 0. The summed E-state index contributed by atoms with van der Waals surface area (Å²) in [5.41, 5.74) is 0. The monoisotopic (exact) mass is 155 g/mol. The number of rotatable bonds is 0. The smallest absolute Gasteiger partial charge is 0 e. The molecule has 0 fully saturated rings. The van der Waals surface area contributed by atoms with Gasteiger partial charge in [-0.2, -0.15) is 0 Å². The quantitative estimate of drug-likeness (QED) is 0.459. The standard InChI is InChI=1S/C4H4.Rh/c1-2-4-3-1;/h1-4H;. The first-order chi connectivity index (χ1) is 2.00. The minimum absolute atomic E-state index is 0. The van der Waals surface area contributed by atoms with E-state index in [1.165, 1.54) is 0 Å². The summed E-state index contributed by atoms with van der Waals surface area (Å²) < 4.78 is 0. The van der Waals surface area contributed by atoms with Crippen LogP contribution in [0.4, 0.5) is 0 Å². The normalized spacial score (nSPS) is 12.8. The van der Waals surface area contributed by atoms with Gasteiger partial charge in [0.1, 0.15) is 0 Å². The third-order valence-corrected chi connectivity index (χ3v) is 0.444. The summed E-state index contributed by atoms with van der Waals surface area (Å²) in [5.74, 6) is 0. The first-order valence-corrected chi connectivity index (χ1v) is 1.33. The summed E-state index contributed by atoms with van der Waals surface area (Å²) in [7, 11) is 0. The summed E-state index contributed by atoms with van der Waals surface area (Å²) >= 11 is 0. The molecular weight excluding hydrogens is 151 g/mol. The molecule has 0 N–H and O–H groups in total. The van der Waals surface area contributed by atoms with E-state index in [0.717, 1.165) is 0 Å². The van der Waals surface area contributed by atoms with Crippen LogP contribution in [0.1, 0.15) is 0 Å². The maximum absolute atomic E-state index is 2.00. The van der Waals surface area contributed by atoms with Crippen molar-refractivity contribution in [3.8, 4) is 0 Å². The fourth-order valence-corrected chi connectivity index (χ4v) is 0.111. The molecule has 0 heterocycles. The van der Waals surface area contributed by atoms with Crippen molar-refractivity contribution in [2.75, 3.05) is 0 Å². The molecular formula is C4H4Rh. The van der Waals surface area contributed by atoms with Crippen LogP contribution in [0.3, 0.4) is 0 Å². The fourth-order valence-electron chi connectivity index (χ4n) is 0.111. The second-order valence-corrected chi connectivity index (χ2v) is 0.770. The largest absolute Gasteiger partial charge is 0.0623 e. The van der Waals surface area contributed by atoms with Gasteiger partial charge in [-0.3, -0.25) is 0 Å². The zero-order chi connectivity index (χ0) is 2.83. The maximum Gasteiger partial charge on any atom is 0 e. The predicted molar refractivity (Wildman–Crippen MR) is 18.3 cm³/mol. The average Bonchev–Trinajstić information content (AvgIpc) is 0.722. The van der Waals surface area contributed by atoms with Crippen molar-refractivity contribution in [3.05, 3.63) is 24.3 Å². The van der Waals surface area contributed by atoms with E-state index < -0.39 is 0 Å². The molecule has 0 aliphatic heterocycles. The van der Waals surface area contributed by atoms with Crippen LogP contribution in [0, 0.1) is 0 Å². The Morgan fingerprint density at radius 1 is 0.600 bits per heavy atom. The summed E-state index contributed by atoms with van der Waals surface area (Å²) in [4.78, 5) is 0. The van der Waals surface area contributed by atoms with Crippen molar-refractivity contribution in [1.29, 1.82) is 0 Å². The molecule has 1 radical (unpaired) electrons.